The van der Waals surface area contributed by atoms with Gasteiger partial charge in [0.05, 0.1) is 79.3 Å². The lowest BCUT2D eigenvalue weighted by atomic mass is 9.88. The largest absolute Gasteiger partial charge is 0.461 e. The number of hydrogen-bond donors (Lipinski definition) is 13. The molecule has 0 spiro atoms. The smallest absolute Gasteiger partial charge is 0.433 e. The minimum atomic E-state index is -4.71. The highest BCUT2D eigenvalue weighted by molar-refractivity contribution is 5.78. The van der Waals surface area contributed by atoms with Crippen LogP contribution in [0.1, 0.15) is 138 Å². The Morgan fingerprint density at radius 3 is 1.06 bits per heavy atom. The number of aliphatic hydroxyl groups is 6. The number of anilines is 3. The van der Waals surface area contributed by atoms with Gasteiger partial charge in [0.1, 0.15) is 118 Å². The van der Waals surface area contributed by atoms with Gasteiger partial charge in [-0.15, -0.1) is 0 Å². The molecular weight excluding hydrogens is 1680 g/mol. The van der Waals surface area contributed by atoms with Gasteiger partial charge >= 0.3 is 24.5 Å². The molecule has 0 saturated carbocycles. The van der Waals surface area contributed by atoms with Crippen molar-refractivity contribution < 1.29 is 156 Å². The SMILES string of the molecule is O=C(CCOCC(COCCC(=O)NCCCCCCOC[C@@]12CO[C@@H](O1)[C@H](Nc1cccc(C(F)(F)F)n1)[C@@H](O)[C@H]2O)(COCCC(=O)NCCCCCCOC[C@@]12CO[C@@H](O1)[C@H](Nc1cccc(C(F)(F)F)n1)[C@@H](O)[C@H]2O)NC(=O)CCCC(=O)OCc1ccccc1)NCCCCCCOC[C@@]12CO[C@@H](O1)[C@H](Nc1cccc(C(F)(F)F)n1)[C@@H](O)[C@H]2O. The lowest BCUT2D eigenvalue weighted by Crippen LogP contribution is -2.64. The van der Waals surface area contributed by atoms with Crippen LogP contribution in [0.4, 0.5) is 57.0 Å². The van der Waals surface area contributed by atoms with Crippen molar-refractivity contribution in [2.24, 2.45) is 0 Å². The first-order valence-corrected chi connectivity index (χ1v) is 42.0. The molecule has 15 atom stereocenters. The molecule has 4 aromatic rings. The quantitative estimate of drug-likeness (QED) is 0.0152. The third-order valence-corrected chi connectivity index (χ3v) is 21.8. The average Bonchev–Trinajstić information content (AvgIpc) is 1.62. The number of esters is 1. The Hall–Kier alpha value is -7.93. The van der Waals surface area contributed by atoms with E-state index in [1.54, 1.807) is 24.3 Å². The number of nitrogens with one attached hydrogen (secondary N) is 7. The number of halogens is 9. The van der Waals surface area contributed by atoms with Gasteiger partial charge in [-0.3, -0.25) is 24.0 Å². The van der Waals surface area contributed by atoms with Crippen molar-refractivity contribution in [3.63, 3.8) is 0 Å². The fraction of sp³-hybridized carbons (Fsp3) is 0.683. The van der Waals surface area contributed by atoms with E-state index in [0.717, 1.165) is 42.0 Å². The minimum absolute atomic E-state index is 0.0291. The standard InChI is InChI=1S/C82H113F9N10O24/c83-80(84,85)53-22-16-25-56(95-53)98-64-67(107)70(110)77(49-120-73(64)123-77)46-113-36-13-4-1-10-33-92-59(102)30-39-116-43-76(101-62(105)28-19-29-63(106)119-42-52-20-8-7-9-21-52,44-117-40-31-60(103)93-34-11-2-5-14-37-114-47-78-50-121-74(124-78)65(68(108)71(78)111)99-57-26-17-23-54(96-57)81(86,87)88)45-118-41-32-61(104)94-35-12-3-6-15-38-115-48-79-51-122-75(125-79)66(69(109)72(79)112)100-58-27-18-24-55(97-58)82(89,90)91/h7-9,16-18,20-27,64-75,107-112H,1-6,10-15,19,28-51H2,(H,92,102)(H,93,103)(H,94,104)(H,95,98)(H,96,99)(H,97,100)(H,101,105)/t64-,65-,66-,67-,68-,69-,70-,71-,72-,73+,74+,75+,77+,78+,79+/m1/s1. The Morgan fingerprint density at radius 1 is 0.384 bits per heavy atom. The highest BCUT2D eigenvalue weighted by Gasteiger charge is 2.62. The summed E-state index contributed by atoms with van der Waals surface area (Å²) >= 11 is 0. The Bertz CT molecular complexity index is 3680. The molecule has 698 valence electrons. The molecule has 1 aromatic carbocycles. The molecular formula is C82H113F9N10O24. The van der Waals surface area contributed by atoms with Gasteiger partial charge < -0.3 is 129 Å². The molecule has 3 aromatic heterocycles. The number of fused-ring (bicyclic) bond motifs is 6. The van der Waals surface area contributed by atoms with Gasteiger partial charge in [-0.05, 0) is 86.9 Å². The summed E-state index contributed by atoms with van der Waals surface area (Å²) in [5.41, 5.74) is -8.48. The summed E-state index contributed by atoms with van der Waals surface area (Å²) in [5, 5.41) is 86.0. The number of amides is 4. The van der Waals surface area contributed by atoms with E-state index in [9.17, 15) is 94.1 Å². The number of aliphatic hydroxyl groups excluding tert-OH is 6. The van der Waals surface area contributed by atoms with Crippen molar-refractivity contribution in [2.45, 2.75) is 237 Å². The second-order valence-electron chi connectivity index (χ2n) is 31.8. The van der Waals surface area contributed by atoms with Crippen molar-refractivity contribution >= 4 is 47.1 Å². The number of carbonyl (C=O) groups is 5. The van der Waals surface area contributed by atoms with Crippen molar-refractivity contribution in [3.05, 3.63) is 108 Å². The monoisotopic (exact) mass is 1790 g/mol. The second-order valence-corrected chi connectivity index (χ2v) is 31.8. The van der Waals surface area contributed by atoms with E-state index in [1.807, 2.05) is 6.07 Å². The number of aromatic nitrogens is 3. The number of rotatable bonds is 55. The Balaban J connectivity index is 0.650. The fourth-order valence-corrected chi connectivity index (χ4v) is 14.9. The van der Waals surface area contributed by atoms with Crippen LogP contribution >= 0.6 is 0 Å². The Kier molecular flexibility index (Phi) is 37.6. The van der Waals surface area contributed by atoms with E-state index in [2.05, 4.69) is 52.2 Å². The van der Waals surface area contributed by atoms with Gasteiger partial charge in [0.15, 0.2) is 18.9 Å². The van der Waals surface area contributed by atoms with Crippen LogP contribution in [-0.2, 0) is 111 Å². The highest BCUT2D eigenvalue weighted by atomic mass is 19.4. The van der Waals surface area contributed by atoms with Gasteiger partial charge in [0.25, 0.3) is 0 Å². The van der Waals surface area contributed by atoms with Gasteiger partial charge in [0, 0.05) is 71.6 Å². The van der Waals surface area contributed by atoms with Crippen LogP contribution in [0.15, 0.2) is 84.9 Å². The lowest BCUT2D eigenvalue weighted by molar-refractivity contribution is -0.229. The third kappa shape index (κ3) is 29.6. The van der Waals surface area contributed by atoms with E-state index in [-0.39, 0.29) is 179 Å². The van der Waals surface area contributed by atoms with E-state index >= 15 is 0 Å². The summed E-state index contributed by atoms with van der Waals surface area (Å²) in [6.07, 6.45) is -19.5. The van der Waals surface area contributed by atoms with Gasteiger partial charge in [-0.25, -0.2) is 15.0 Å². The van der Waals surface area contributed by atoms with Crippen LogP contribution in [0, 0.1) is 0 Å². The number of hydrogen-bond acceptors (Lipinski definition) is 30. The van der Waals surface area contributed by atoms with Crippen LogP contribution in [0.5, 0.6) is 0 Å². The molecule has 6 fully saturated rings. The van der Waals surface area contributed by atoms with E-state index < -0.39 is 143 Å². The zero-order valence-electron chi connectivity index (χ0n) is 68.9. The van der Waals surface area contributed by atoms with Gasteiger partial charge in [-0.2, -0.15) is 39.5 Å². The zero-order valence-corrected chi connectivity index (χ0v) is 68.9. The first-order chi connectivity index (χ1) is 59.8. The molecule has 0 aliphatic carbocycles. The predicted octanol–water partition coefficient (Wildman–Crippen LogP) is 5.28. The van der Waals surface area contributed by atoms with Crippen LogP contribution in [0.25, 0.3) is 0 Å². The van der Waals surface area contributed by atoms with Crippen molar-refractivity contribution in [3.8, 4) is 0 Å². The molecule has 9 heterocycles. The molecule has 13 N–H and O–H groups in total. The number of pyridine rings is 3. The lowest BCUT2D eigenvalue weighted by Gasteiger charge is -2.42. The number of carbonyl (C=O) groups excluding carboxylic acids is 5. The van der Waals surface area contributed by atoms with Crippen LogP contribution in [0.3, 0.4) is 0 Å². The predicted molar refractivity (Wildman–Crippen MR) is 421 cm³/mol. The Morgan fingerprint density at radius 2 is 0.720 bits per heavy atom. The van der Waals surface area contributed by atoms with E-state index in [4.69, 9.17) is 61.6 Å². The van der Waals surface area contributed by atoms with E-state index in [0.29, 0.717) is 96.7 Å². The van der Waals surface area contributed by atoms with Crippen molar-refractivity contribution in [1.29, 1.82) is 0 Å². The third-order valence-electron chi connectivity index (χ3n) is 21.8. The van der Waals surface area contributed by atoms with Gasteiger partial charge in [-0.1, -0.05) is 87.1 Å². The number of nitrogens with zero attached hydrogens (tertiary/aromatic N) is 3. The van der Waals surface area contributed by atoms with Crippen LogP contribution in [0.2, 0.25) is 0 Å². The summed E-state index contributed by atoms with van der Waals surface area (Å²) in [4.78, 5) is 77.0. The number of unbranched alkanes of at least 4 members (excludes halogenated alkanes) is 9. The van der Waals surface area contributed by atoms with Crippen LogP contribution < -0.4 is 37.2 Å². The highest BCUT2D eigenvalue weighted by Crippen LogP contribution is 2.43. The molecule has 43 heteroatoms. The summed E-state index contributed by atoms with van der Waals surface area (Å²) in [5.74, 6) is -2.72. The maximum Gasteiger partial charge on any atom is 0.433 e. The maximum absolute atomic E-state index is 14.0. The molecule has 6 bridgehead atoms. The molecule has 4 amide bonds. The number of benzene rings is 1. The summed E-state index contributed by atoms with van der Waals surface area (Å²) in [6, 6.07) is 15.2. The summed E-state index contributed by atoms with van der Waals surface area (Å²) in [7, 11) is 0. The Labute approximate surface area is 715 Å². The normalized spacial score (nSPS) is 25.8. The number of alkyl halides is 9. The average molecular weight is 1790 g/mol. The van der Waals surface area contributed by atoms with Crippen molar-refractivity contribution in [2.75, 3.05) is 135 Å². The summed E-state index contributed by atoms with van der Waals surface area (Å²) in [6.45, 7) is -0.510. The van der Waals surface area contributed by atoms with E-state index in [1.165, 1.54) is 18.2 Å². The van der Waals surface area contributed by atoms with Crippen molar-refractivity contribution in [1.82, 2.24) is 36.2 Å². The summed E-state index contributed by atoms with van der Waals surface area (Å²) < 4.78 is 196. The van der Waals surface area contributed by atoms with Crippen LogP contribution in [-0.4, -0.2) is 290 Å². The first kappa shape index (κ1) is 99.2. The maximum atomic E-state index is 14.0. The molecule has 34 nitrogen and oxygen atoms in total. The molecule has 125 heavy (non-hydrogen) atoms. The topological polar surface area (TPSA) is 450 Å². The second kappa shape index (κ2) is 47.4. The van der Waals surface area contributed by atoms with Gasteiger partial charge in [0.2, 0.25) is 23.6 Å². The molecule has 6 saturated heterocycles. The number of ether oxygens (including phenoxy) is 13. The minimum Gasteiger partial charge on any atom is -0.461 e. The zero-order chi connectivity index (χ0) is 89.7. The molecule has 0 unspecified atom stereocenters. The fourth-order valence-electron chi connectivity index (χ4n) is 14.9. The first-order valence-electron chi connectivity index (χ1n) is 42.0. The molecule has 6 aliphatic heterocycles. The molecule has 10 rings (SSSR count). The molecule has 6 aliphatic rings. The molecule has 0 radical (unpaired) electrons.